The summed E-state index contributed by atoms with van der Waals surface area (Å²) in [7, 11) is 0. The zero-order chi connectivity index (χ0) is 18.1. The highest BCUT2D eigenvalue weighted by molar-refractivity contribution is 5.67. The van der Waals surface area contributed by atoms with Crippen molar-refractivity contribution in [2.45, 2.75) is 25.9 Å². The number of carbonyl (C=O) groups excluding carboxylic acids is 1. The van der Waals surface area contributed by atoms with Gasteiger partial charge in [-0.3, -0.25) is 4.90 Å². The predicted molar refractivity (Wildman–Crippen MR) is 96.7 cm³/mol. The Hall–Kier alpha value is -1.63. The number of aliphatic hydroxyl groups excluding tert-OH is 1. The molecule has 2 rings (SSSR count). The molecule has 1 N–H and O–H groups in total. The molecule has 0 radical (unpaired) electrons. The summed E-state index contributed by atoms with van der Waals surface area (Å²) < 4.78 is 10.7. The molecule has 1 aliphatic rings. The largest absolute Gasteiger partial charge is 0.450 e. The average Bonchev–Trinajstić information content (AvgIpc) is 2.63. The monoisotopic (exact) mass is 350 g/mol. The molecule has 140 valence electrons. The molecule has 1 saturated heterocycles. The summed E-state index contributed by atoms with van der Waals surface area (Å²) in [5.74, 6) is 0.307. The van der Waals surface area contributed by atoms with Crippen molar-refractivity contribution in [2.24, 2.45) is 0 Å². The van der Waals surface area contributed by atoms with Crippen LogP contribution < -0.4 is 0 Å². The average molecular weight is 350 g/mol. The SMILES string of the molecule is CCOC(=O)N1CCN(C[C@H](O)COC[C@@H](C)c2ccccc2)CC1. The maximum absolute atomic E-state index is 11.7. The summed E-state index contributed by atoms with van der Waals surface area (Å²) in [6.07, 6.45) is -0.766. The minimum atomic E-state index is -0.517. The number of hydrogen-bond donors (Lipinski definition) is 1. The van der Waals surface area contributed by atoms with E-state index in [1.807, 2.05) is 25.1 Å². The van der Waals surface area contributed by atoms with Gasteiger partial charge >= 0.3 is 6.09 Å². The molecule has 6 heteroatoms. The minimum absolute atomic E-state index is 0.249. The van der Waals surface area contributed by atoms with E-state index in [0.717, 1.165) is 13.1 Å². The number of amides is 1. The number of rotatable bonds is 8. The van der Waals surface area contributed by atoms with E-state index in [1.54, 1.807) is 4.90 Å². The highest BCUT2D eigenvalue weighted by atomic mass is 16.6. The van der Waals surface area contributed by atoms with Gasteiger partial charge in [-0.25, -0.2) is 4.79 Å². The van der Waals surface area contributed by atoms with Crippen LogP contribution in [-0.2, 0) is 9.47 Å². The van der Waals surface area contributed by atoms with Crippen LogP contribution in [-0.4, -0.2) is 79.6 Å². The van der Waals surface area contributed by atoms with Gasteiger partial charge in [0.1, 0.15) is 0 Å². The van der Waals surface area contributed by atoms with Gasteiger partial charge in [-0.05, 0) is 12.5 Å². The van der Waals surface area contributed by atoms with Crippen LogP contribution in [0.5, 0.6) is 0 Å². The van der Waals surface area contributed by atoms with Crippen molar-refractivity contribution in [2.75, 3.05) is 52.5 Å². The van der Waals surface area contributed by atoms with Gasteiger partial charge in [0.05, 0.1) is 25.9 Å². The lowest BCUT2D eigenvalue weighted by molar-refractivity contribution is 0.00388. The molecule has 0 aromatic heterocycles. The summed E-state index contributed by atoms with van der Waals surface area (Å²) in [4.78, 5) is 15.5. The van der Waals surface area contributed by atoms with Gasteiger partial charge in [0.25, 0.3) is 0 Å². The van der Waals surface area contributed by atoms with Gasteiger partial charge in [-0.15, -0.1) is 0 Å². The fourth-order valence-corrected chi connectivity index (χ4v) is 2.94. The van der Waals surface area contributed by atoms with E-state index < -0.39 is 6.10 Å². The lowest BCUT2D eigenvalue weighted by atomic mass is 10.0. The fraction of sp³-hybridized carbons (Fsp3) is 0.632. The first-order valence-electron chi connectivity index (χ1n) is 9.05. The first-order valence-corrected chi connectivity index (χ1v) is 9.05. The van der Waals surface area contributed by atoms with Gasteiger partial charge in [0, 0.05) is 38.6 Å². The van der Waals surface area contributed by atoms with Crippen LogP contribution >= 0.6 is 0 Å². The number of benzene rings is 1. The van der Waals surface area contributed by atoms with E-state index in [1.165, 1.54) is 5.56 Å². The number of nitrogens with zero attached hydrogens (tertiary/aromatic N) is 2. The van der Waals surface area contributed by atoms with Crippen molar-refractivity contribution < 1.29 is 19.4 Å². The molecule has 1 heterocycles. The third-order valence-corrected chi connectivity index (χ3v) is 4.41. The Morgan fingerprint density at radius 1 is 1.16 bits per heavy atom. The number of aliphatic hydroxyl groups is 1. The van der Waals surface area contributed by atoms with Crippen molar-refractivity contribution in [3.8, 4) is 0 Å². The zero-order valence-electron chi connectivity index (χ0n) is 15.3. The van der Waals surface area contributed by atoms with Crippen molar-refractivity contribution in [3.63, 3.8) is 0 Å². The third kappa shape index (κ3) is 6.65. The second-order valence-electron chi connectivity index (χ2n) is 6.49. The molecule has 25 heavy (non-hydrogen) atoms. The summed E-state index contributed by atoms with van der Waals surface area (Å²) in [6, 6.07) is 10.2. The van der Waals surface area contributed by atoms with Crippen molar-refractivity contribution in [3.05, 3.63) is 35.9 Å². The van der Waals surface area contributed by atoms with Crippen LogP contribution in [0.15, 0.2) is 30.3 Å². The lowest BCUT2D eigenvalue weighted by Crippen LogP contribution is -2.51. The second kappa shape index (κ2) is 10.4. The van der Waals surface area contributed by atoms with E-state index in [-0.39, 0.29) is 6.09 Å². The molecular formula is C19H30N2O4. The predicted octanol–water partition coefficient (Wildman–Crippen LogP) is 1.94. The number of ether oxygens (including phenoxy) is 2. The van der Waals surface area contributed by atoms with E-state index in [0.29, 0.717) is 45.4 Å². The highest BCUT2D eigenvalue weighted by Gasteiger charge is 2.23. The maximum Gasteiger partial charge on any atom is 0.409 e. The zero-order valence-corrected chi connectivity index (χ0v) is 15.3. The summed E-state index contributed by atoms with van der Waals surface area (Å²) >= 11 is 0. The highest BCUT2D eigenvalue weighted by Crippen LogP contribution is 2.14. The Balaban J connectivity index is 1.61. The molecule has 1 aliphatic heterocycles. The normalized spacial score (nSPS) is 18.0. The molecule has 1 fully saturated rings. The minimum Gasteiger partial charge on any atom is -0.450 e. The molecule has 6 nitrogen and oxygen atoms in total. The Bertz CT molecular complexity index is 503. The number of piperazine rings is 1. The molecular weight excluding hydrogens is 320 g/mol. The Morgan fingerprint density at radius 2 is 1.84 bits per heavy atom. The van der Waals surface area contributed by atoms with Crippen LogP contribution in [0.2, 0.25) is 0 Å². The first kappa shape index (κ1) is 19.7. The number of hydrogen-bond acceptors (Lipinski definition) is 5. The van der Waals surface area contributed by atoms with Crippen molar-refractivity contribution in [1.82, 2.24) is 9.80 Å². The van der Waals surface area contributed by atoms with Gasteiger partial charge in [0.15, 0.2) is 0 Å². The first-order chi connectivity index (χ1) is 12.1. The topological polar surface area (TPSA) is 62.2 Å². The standard InChI is InChI=1S/C19H30N2O4/c1-3-25-19(23)21-11-9-20(10-12-21)13-18(22)15-24-14-16(2)17-7-5-4-6-8-17/h4-8,16,18,22H,3,9-15H2,1-2H3/t16-,18+/m1/s1. The number of β-amino-alcohol motifs (C(OH)–C–C–N with tert-alkyl or cyclic N) is 1. The van der Waals surface area contributed by atoms with E-state index in [2.05, 4.69) is 24.0 Å². The molecule has 0 saturated carbocycles. The fourth-order valence-electron chi connectivity index (χ4n) is 2.94. The molecule has 1 aromatic carbocycles. The maximum atomic E-state index is 11.7. The van der Waals surface area contributed by atoms with E-state index >= 15 is 0 Å². The van der Waals surface area contributed by atoms with Gasteiger partial charge in [-0.2, -0.15) is 0 Å². The molecule has 0 unspecified atom stereocenters. The Kier molecular flexibility index (Phi) is 8.18. The van der Waals surface area contributed by atoms with Crippen molar-refractivity contribution in [1.29, 1.82) is 0 Å². The second-order valence-corrected chi connectivity index (χ2v) is 6.49. The van der Waals surface area contributed by atoms with E-state index in [4.69, 9.17) is 9.47 Å². The third-order valence-electron chi connectivity index (χ3n) is 4.41. The quantitative estimate of drug-likeness (QED) is 0.776. The van der Waals surface area contributed by atoms with E-state index in [9.17, 15) is 9.90 Å². The van der Waals surface area contributed by atoms with Crippen LogP contribution in [0, 0.1) is 0 Å². The van der Waals surface area contributed by atoms with Gasteiger partial charge in [-0.1, -0.05) is 37.3 Å². The summed E-state index contributed by atoms with van der Waals surface area (Å²) in [5, 5.41) is 10.2. The molecule has 0 spiro atoms. The van der Waals surface area contributed by atoms with Crippen LogP contribution in [0.3, 0.4) is 0 Å². The van der Waals surface area contributed by atoms with Crippen molar-refractivity contribution >= 4 is 6.09 Å². The summed E-state index contributed by atoms with van der Waals surface area (Å²) in [5.41, 5.74) is 1.24. The molecule has 0 aliphatic carbocycles. The van der Waals surface area contributed by atoms with Crippen LogP contribution in [0.4, 0.5) is 4.79 Å². The van der Waals surface area contributed by atoms with Gasteiger partial charge in [0.2, 0.25) is 0 Å². The van der Waals surface area contributed by atoms with Crippen LogP contribution in [0.1, 0.15) is 25.3 Å². The Morgan fingerprint density at radius 3 is 2.48 bits per heavy atom. The molecule has 1 amide bonds. The van der Waals surface area contributed by atoms with Gasteiger partial charge < -0.3 is 19.5 Å². The Labute approximate surface area is 150 Å². The molecule has 0 bridgehead atoms. The lowest BCUT2D eigenvalue weighted by Gasteiger charge is -2.34. The number of carbonyl (C=O) groups is 1. The van der Waals surface area contributed by atoms with Crippen LogP contribution in [0.25, 0.3) is 0 Å². The summed E-state index contributed by atoms with van der Waals surface area (Å²) in [6.45, 7) is 8.58. The molecule has 1 aromatic rings. The smallest absolute Gasteiger partial charge is 0.409 e. The molecule has 2 atom stereocenters.